The van der Waals surface area contributed by atoms with Crippen molar-refractivity contribution in [2.75, 3.05) is 7.11 Å². The Hall–Kier alpha value is -2.30. The summed E-state index contributed by atoms with van der Waals surface area (Å²) >= 11 is 0. The molecule has 0 atom stereocenters. The van der Waals surface area contributed by atoms with Gasteiger partial charge in [0.1, 0.15) is 0 Å². The van der Waals surface area contributed by atoms with Gasteiger partial charge in [-0.2, -0.15) is 0 Å². The van der Waals surface area contributed by atoms with Crippen molar-refractivity contribution in [3.05, 3.63) is 53.9 Å². The molecule has 1 heterocycles. The second-order valence-corrected chi connectivity index (χ2v) is 3.22. The van der Waals surface area contributed by atoms with E-state index in [1.165, 1.54) is 37.7 Å². The van der Waals surface area contributed by atoms with Crippen LogP contribution < -0.4 is 4.74 Å². The van der Waals surface area contributed by atoms with Crippen LogP contribution in [0.25, 0.3) is 0 Å². The van der Waals surface area contributed by atoms with Crippen LogP contribution in [0.2, 0.25) is 0 Å². The molecule has 0 unspecified atom stereocenters. The van der Waals surface area contributed by atoms with Crippen LogP contribution >= 0.6 is 0 Å². The van der Waals surface area contributed by atoms with Gasteiger partial charge < -0.3 is 4.74 Å². The van der Waals surface area contributed by atoms with Crippen molar-refractivity contribution >= 4 is 5.78 Å². The fourth-order valence-electron chi connectivity index (χ4n) is 1.38. The van der Waals surface area contributed by atoms with Crippen molar-refractivity contribution in [3.63, 3.8) is 0 Å². The highest BCUT2D eigenvalue weighted by atomic mass is 19.1. The van der Waals surface area contributed by atoms with Crippen LogP contribution in [0.1, 0.15) is 16.2 Å². The maximum Gasteiger partial charge on any atom is 0.233 e. The Morgan fingerprint density at radius 2 is 1.94 bits per heavy atom. The summed E-state index contributed by atoms with van der Waals surface area (Å²) in [5, 5.41) is 0. The average molecular weight is 232 g/mol. The van der Waals surface area contributed by atoms with Crippen molar-refractivity contribution in [2.24, 2.45) is 0 Å². The summed E-state index contributed by atoms with van der Waals surface area (Å²) in [6.45, 7) is 0. The number of nitrogens with zero attached hydrogens (tertiary/aromatic N) is 2. The molecule has 0 aliphatic rings. The molecule has 4 nitrogen and oxygen atoms in total. The van der Waals surface area contributed by atoms with E-state index >= 15 is 0 Å². The Balaban J connectivity index is 2.45. The first-order chi connectivity index (χ1) is 8.24. The summed E-state index contributed by atoms with van der Waals surface area (Å²) < 4.78 is 18.6. The topological polar surface area (TPSA) is 52.1 Å². The van der Waals surface area contributed by atoms with Crippen molar-refractivity contribution in [2.45, 2.75) is 0 Å². The van der Waals surface area contributed by atoms with E-state index in [2.05, 4.69) is 9.97 Å². The summed E-state index contributed by atoms with van der Waals surface area (Å²) in [6, 6.07) is 5.94. The van der Waals surface area contributed by atoms with Crippen LogP contribution in [-0.2, 0) is 0 Å². The standard InChI is InChI=1S/C12H9FN2O2/c1-17-9-5-2-4-8(10(9)13)11(16)12-14-6-3-7-15-12/h2-7H,1H3. The number of benzene rings is 1. The first-order valence-electron chi connectivity index (χ1n) is 4.88. The predicted molar refractivity (Wildman–Crippen MR) is 58.4 cm³/mol. The number of hydrogen-bond acceptors (Lipinski definition) is 4. The van der Waals surface area contributed by atoms with E-state index < -0.39 is 11.6 Å². The van der Waals surface area contributed by atoms with E-state index in [9.17, 15) is 9.18 Å². The smallest absolute Gasteiger partial charge is 0.233 e. The van der Waals surface area contributed by atoms with Gasteiger partial charge in [-0.1, -0.05) is 6.07 Å². The van der Waals surface area contributed by atoms with Crippen LogP contribution in [0, 0.1) is 5.82 Å². The molecule has 0 saturated carbocycles. The third-order valence-electron chi connectivity index (χ3n) is 2.20. The lowest BCUT2D eigenvalue weighted by molar-refractivity contribution is 0.102. The molecule has 0 spiro atoms. The molecule has 0 fully saturated rings. The molecule has 1 aromatic heterocycles. The van der Waals surface area contributed by atoms with Gasteiger partial charge in [0.05, 0.1) is 12.7 Å². The Labute approximate surface area is 97.1 Å². The van der Waals surface area contributed by atoms with Crippen molar-refractivity contribution < 1.29 is 13.9 Å². The van der Waals surface area contributed by atoms with Crippen LogP contribution in [0.3, 0.4) is 0 Å². The van der Waals surface area contributed by atoms with Crippen molar-refractivity contribution in [1.29, 1.82) is 0 Å². The van der Waals surface area contributed by atoms with Gasteiger partial charge in [-0.05, 0) is 18.2 Å². The monoisotopic (exact) mass is 232 g/mol. The third-order valence-corrected chi connectivity index (χ3v) is 2.20. The van der Waals surface area contributed by atoms with Gasteiger partial charge in [0, 0.05) is 12.4 Å². The second-order valence-electron chi connectivity index (χ2n) is 3.22. The van der Waals surface area contributed by atoms with Crippen LogP contribution in [-0.4, -0.2) is 22.9 Å². The molecule has 2 aromatic rings. The van der Waals surface area contributed by atoms with E-state index in [4.69, 9.17) is 4.74 Å². The summed E-state index contributed by atoms with van der Waals surface area (Å²) in [7, 11) is 1.34. The zero-order valence-corrected chi connectivity index (χ0v) is 9.05. The Bertz CT molecular complexity index is 543. The van der Waals surface area contributed by atoms with Gasteiger partial charge in [0.15, 0.2) is 11.6 Å². The zero-order valence-electron chi connectivity index (χ0n) is 9.05. The van der Waals surface area contributed by atoms with Gasteiger partial charge in [-0.3, -0.25) is 4.79 Å². The molecule has 0 aliphatic carbocycles. The molecule has 1 aromatic carbocycles. The molecular weight excluding hydrogens is 223 g/mol. The lowest BCUT2D eigenvalue weighted by Crippen LogP contribution is -2.09. The minimum Gasteiger partial charge on any atom is -0.494 e. The number of carbonyl (C=O) groups excluding carboxylic acids is 1. The van der Waals surface area contributed by atoms with E-state index in [1.54, 1.807) is 6.07 Å². The van der Waals surface area contributed by atoms with E-state index in [0.29, 0.717) is 0 Å². The number of aromatic nitrogens is 2. The summed E-state index contributed by atoms with van der Waals surface area (Å²) in [5.41, 5.74) is -0.101. The Kier molecular flexibility index (Phi) is 3.09. The summed E-state index contributed by atoms with van der Waals surface area (Å²) in [4.78, 5) is 19.5. The number of halogens is 1. The average Bonchev–Trinajstić information content (AvgIpc) is 2.39. The van der Waals surface area contributed by atoms with Gasteiger partial charge in [0.2, 0.25) is 11.6 Å². The maximum absolute atomic E-state index is 13.8. The summed E-state index contributed by atoms with van der Waals surface area (Å²) in [5.74, 6) is -1.29. The minimum absolute atomic E-state index is 0.0202. The Morgan fingerprint density at radius 1 is 1.24 bits per heavy atom. The quantitative estimate of drug-likeness (QED) is 0.758. The maximum atomic E-state index is 13.8. The largest absolute Gasteiger partial charge is 0.494 e. The SMILES string of the molecule is COc1cccc(C(=O)c2ncccn2)c1F. The lowest BCUT2D eigenvalue weighted by Gasteiger charge is -2.05. The second kappa shape index (κ2) is 4.69. The highest BCUT2D eigenvalue weighted by molar-refractivity contribution is 6.06. The fourth-order valence-corrected chi connectivity index (χ4v) is 1.38. The highest BCUT2D eigenvalue weighted by Gasteiger charge is 2.18. The van der Waals surface area contributed by atoms with Crippen LogP contribution in [0.15, 0.2) is 36.7 Å². The Morgan fingerprint density at radius 3 is 2.59 bits per heavy atom. The highest BCUT2D eigenvalue weighted by Crippen LogP contribution is 2.21. The van der Waals surface area contributed by atoms with E-state index in [0.717, 1.165) is 0 Å². The molecule has 0 N–H and O–H groups in total. The van der Waals surface area contributed by atoms with E-state index in [1.807, 2.05) is 0 Å². The lowest BCUT2D eigenvalue weighted by atomic mass is 10.1. The first kappa shape index (κ1) is 11.2. The molecule has 0 radical (unpaired) electrons. The number of hydrogen-bond donors (Lipinski definition) is 0. The zero-order chi connectivity index (χ0) is 12.3. The molecule has 2 rings (SSSR count). The normalized spacial score (nSPS) is 10.0. The van der Waals surface area contributed by atoms with Gasteiger partial charge in [0.25, 0.3) is 0 Å². The molecule has 0 amide bonds. The number of ether oxygens (including phenoxy) is 1. The number of rotatable bonds is 3. The number of carbonyl (C=O) groups is 1. The third kappa shape index (κ3) is 2.13. The predicted octanol–water partition coefficient (Wildman–Crippen LogP) is 1.86. The number of methoxy groups -OCH3 is 1. The molecule has 17 heavy (non-hydrogen) atoms. The molecular formula is C12H9FN2O2. The van der Waals surface area contributed by atoms with Gasteiger partial charge >= 0.3 is 0 Å². The molecule has 0 saturated heterocycles. The minimum atomic E-state index is -0.701. The van der Waals surface area contributed by atoms with Gasteiger partial charge in [-0.15, -0.1) is 0 Å². The first-order valence-corrected chi connectivity index (χ1v) is 4.88. The van der Waals surface area contributed by atoms with Gasteiger partial charge in [-0.25, -0.2) is 14.4 Å². The molecule has 0 bridgehead atoms. The molecule has 5 heteroatoms. The fraction of sp³-hybridized carbons (Fsp3) is 0.0833. The van der Waals surface area contributed by atoms with E-state index in [-0.39, 0.29) is 17.1 Å². The number of ketones is 1. The van der Waals surface area contributed by atoms with Crippen molar-refractivity contribution in [3.8, 4) is 5.75 Å². The van der Waals surface area contributed by atoms with Crippen LogP contribution in [0.5, 0.6) is 5.75 Å². The van der Waals surface area contributed by atoms with Crippen molar-refractivity contribution in [1.82, 2.24) is 9.97 Å². The molecule has 0 aliphatic heterocycles. The molecule has 86 valence electrons. The van der Waals surface area contributed by atoms with Crippen LogP contribution in [0.4, 0.5) is 4.39 Å². The summed E-state index contributed by atoms with van der Waals surface area (Å²) in [6.07, 6.45) is 2.86.